The summed E-state index contributed by atoms with van der Waals surface area (Å²) in [6.07, 6.45) is 2.62. The molecule has 0 amide bonds. The van der Waals surface area contributed by atoms with E-state index in [0.29, 0.717) is 12.1 Å². The number of anilines is 1. The van der Waals surface area contributed by atoms with Gasteiger partial charge in [-0.15, -0.1) is 0 Å². The zero-order valence-corrected chi connectivity index (χ0v) is 12.6. The first-order valence-electron chi connectivity index (χ1n) is 7.62. The lowest BCUT2D eigenvalue weighted by molar-refractivity contribution is 0.495. The highest BCUT2D eigenvalue weighted by atomic mass is 16.3. The smallest absolute Gasteiger partial charge is 0.146 e. The first kappa shape index (κ1) is 13.6. The third kappa shape index (κ3) is 2.47. The minimum Gasteiger partial charge on any atom is -0.459 e. The van der Waals surface area contributed by atoms with Crippen LogP contribution < -0.4 is 4.90 Å². The Morgan fingerprint density at radius 3 is 2.83 bits per heavy atom. The van der Waals surface area contributed by atoms with Crippen LogP contribution in [0, 0.1) is 11.3 Å². The van der Waals surface area contributed by atoms with E-state index in [4.69, 9.17) is 4.42 Å². The predicted octanol–water partition coefficient (Wildman–Crippen LogP) is 3.78. The van der Waals surface area contributed by atoms with Gasteiger partial charge in [0.1, 0.15) is 23.4 Å². The number of nitrogens with zero attached hydrogens (tertiary/aromatic N) is 3. The molecule has 0 spiro atoms. The fourth-order valence-corrected chi connectivity index (χ4v) is 2.98. The molecule has 4 heteroatoms. The van der Waals surface area contributed by atoms with Gasteiger partial charge >= 0.3 is 0 Å². The number of pyridine rings is 1. The van der Waals surface area contributed by atoms with Gasteiger partial charge in [0.2, 0.25) is 0 Å². The second-order valence-corrected chi connectivity index (χ2v) is 5.58. The van der Waals surface area contributed by atoms with Gasteiger partial charge in [0.25, 0.3) is 0 Å². The van der Waals surface area contributed by atoms with Gasteiger partial charge in [-0.2, -0.15) is 5.26 Å². The highest BCUT2D eigenvalue weighted by Gasteiger charge is 2.23. The summed E-state index contributed by atoms with van der Waals surface area (Å²) in [4.78, 5) is 6.48. The molecule has 0 saturated heterocycles. The highest BCUT2D eigenvalue weighted by Crippen LogP contribution is 2.31. The van der Waals surface area contributed by atoms with Crippen molar-refractivity contribution in [1.29, 1.82) is 5.26 Å². The van der Waals surface area contributed by atoms with Gasteiger partial charge in [0.15, 0.2) is 0 Å². The Hall–Kier alpha value is -3.06. The zero-order chi connectivity index (χ0) is 15.6. The number of benzene rings is 1. The van der Waals surface area contributed by atoms with Crippen LogP contribution in [-0.2, 0) is 13.0 Å². The quantitative estimate of drug-likeness (QED) is 0.723. The minimum atomic E-state index is 0.603. The number of aromatic nitrogens is 1. The average molecular weight is 301 g/mol. The first-order chi connectivity index (χ1) is 11.3. The molecule has 0 radical (unpaired) electrons. The lowest BCUT2D eigenvalue weighted by atomic mass is 10.1. The largest absolute Gasteiger partial charge is 0.459 e. The monoisotopic (exact) mass is 301 g/mol. The van der Waals surface area contributed by atoms with E-state index < -0.39 is 0 Å². The molecule has 0 bridgehead atoms. The van der Waals surface area contributed by atoms with Crippen LogP contribution in [0.15, 0.2) is 59.1 Å². The Balaban J connectivity index is 1.65. The molecule has 112 valence electrons. The maximum Gasteiger partial charge on any atom is 0.146 e. The third-order valence-electron chi connectivity index (χ3n) is 4.15. The van der Waals surface area contributed by atoms with Crippen LogP contribution in [0.2, 0.25) is 0 Å². The molecule has 3 aromatic rings. The van der Waals surface area contributed by atoms with Crippen molar-refractivity contribution in [3.05, 3.63) is 71.6 Å². The molecule has 1 aliphatic heterocycles. The van der Waals surface area contributed by atoms with E-state index in [-0.39, 0.29) is 0 Å². The molecule has 0 atom stereocenters. The second kappa shape index (κ2) is 5.62. The summed E-state index contributed by atoms with van der Waals surface area (Å²) in [5.74, 6) is 2.60. The maximum atomic E-state index is 9.26. The average Bonchev–Trinajstić information content (AvgIpc) is 3.05. The van der Waals surface area contributed by atoms with Crippen LogP contribution in [0.25, 0.3) is 11.3 Å². The second-order valence-electron chi connectivity index (χ2n) is 5.58. The topological polar surface area (TPSA) is 53.1 Å². The van der Waals surface area contributed by atoms with E-state index in [1.54, 1.807) is 18.3 Å². The number of hydrogen-bond donors (Lipinski definition) is 0. The number of nitriles is 1. The van der Waals surface area contributed by atoms with Crippen molar-refractivity contribution in [3.8, 4) is 17.4 Å². The Labute approximate surface area is 134 Å². The summed E-state index contributed by atoms with van der Waals surface area (Å²) in [5, 5.41) is 9.26. The molecular formula is C19H15N3O. The van der Waals surface area contributed by atoms with E-state index in [2.05, 4.69) is 34.2 Å². The fraction of sp³-hybridized carbons (Fsp3) is 0.158. The first-order valence-corrected chi connectivity index (χ1v) is 7.62. The van der Waals surface area contributed by atoms with E-state index in [0.717, 1.165) is 35.9 Å². The van der Waals surface area contributed by atoms with Crippen LogP contribution in [0.5, 0.6) is 0 Å². The van der Waals surface area contributed by atoms with E-state index in [1.165, 1.54) is 5.56 Å². The molecule has 4 rings (SSSR count). The normalized spacial score (nSPS) is 13.4. The Morgan fingerprint density at radius 1 is 1.13 bits per heavy atom. The summed E-state index contributed by atoms with van der Waals surface area (Å²) in [7, 11) is 0. The standard InChI is InChI=1S/C19H15N3O/c20-12-16-7-4-9-21-19(16)22-10-8-15-11-17(23-18(15)13-22)14-5-2-1-3-6-14/h1-7,9,11H,8,10,13H2. The molecule has 0 aliphatic carbocycles. The molecule has 0 saturated carbocycles. The molecular weight excluding hydrogens is 286 g/mol. The Kier molecular flexibility index (Phi) is 3.32. The fourth-order valence-electron chi connectivity index (χ4n) is 2.98. The number of furan rings is 1. The molecule has 0 N–H and O–H groups in total. The van der Waals surface area contributed by atoms with Crippen LogP contribution in [0.1, 0.15) is 16.9 Å². The van der Waals surface area contributed by atoms with E-state index in [9.17, 15) is 5.26 Å². The molecule has 23 heavy (non-hydrogen) atoms. The van der Waals surface area contributed by atoms with E-state index in [1.807, 2.05) is 18.2 Å². The predicted molar refractivity (Wildman–Crippen MR) is 87.9 cm³/mol. The van der Waals surface area contributed by atoms with Crippen molar-refractivity contribution < 1.29 is 4.42 Å². The number of rotatable bonds is 2. The Bertz CT molecular complexity index is 877. The lowest BCUT2D eigenvalue weighted by Gasteiger charge is -2.27. The molecule has 0 fully saturated rings. The van der Waals surface area contributed by atoms with Crippen molar-refractivity contribution >= 4 is 5.82 Å². The summed E-state index contributed by atoms with van der Waals surface area (Å²) in [6, 6.07) is 18.1. The Morgan fingerprint density at radius 2 is 2.00 bits per heavy atom. The van der Waals surface area contributed by atoms with Crippen LogP contribution in [0.4, 0.5) is 5.82 Å². The van der Waals surface area contributed by atoms with E-state index >= 15 is 0 Å². The van der Waals surface area contributed by atoms with Crippen molar-refractivity contribution in [1.82, 2.24) is 4.98 Å². The highest BCUT2D eigenvalue weighted by molar-refractivity contribution is 5.60. The molecule has 0 unspecified atom stereocenters. The van der Waals surface area contributed by atoms with Gasteiger partial charge in [-0.3, -0.25) is 0 Å². The van der Waals surface area contributed by atoms with Gasteiger partial charge in [-0.05, 0) is 30.2 Å². The van der Waals surface area contributed by atoms with Crippen molar-refractivity contribution in [2.45, 2.75) is 13.0 Å². The lowest BCUT2D eigenvalue weighted by Crippen LogP contribution is -2.30. The maximum absolute atomic E-state index is 9.26. The van der Waals surface area contributed by atoms with Crippen LogP contribution >= 0.6 is 0 Å². The minimum absolute atomic E-state index is 0.603. The van der Waals surface area contributed by atoms with Gasteiger partial charge < -0.3 is 9.32 Å². The molecule has 1 aliphatic rings. The summed E-state index contributed by atoms with van der Waals surface area (Å²) >= 11 is 0. The molecule has 3 heterocycles. The summed E-state index contributed by atoms with van der Waals surface area (Å²) in [5.41, 5.74) is 2.93. The number of hydrogen-bond acceptors (Lipinski definition) is 4. The molecule has 2 aromatic heterocycles. The van der Waals surface area contributed by atoms with Gasteiger partial charge in [-0.1, -0.05) is 30.3 Å². The van der Waals surface area contributed by atoms with Crippen molar-refractivity contribution in [3.63, 3.8) is 0 Å². The zero-order valence-electron chi connectivity index (χ0n) is 12.6. The molecule has 4 nitrogen and oxygen atoms in total. The summed E-state index contributed by atoms with van der Waals surface area (Å²) in [6.45, 7) is 1.49. The van der Waals surface area contributed by atoms with Crippen LogP contribution in [0.3, 0.4) is 0 Å². The number of fused-ring (bicyclic) bond motifs is 1. The SMILES string of the molecule is N#Cc1cccnc1N1CCc2cc(-c3ccccc3)oc2C1. The van der Waals surface area contributed by atoms with Crippen molar-refractivity contribution in [2.75, 3.05) is 11.4 Å². The third-order valence-corrected chi connectivity index (χ3v) is 4.15. The molecule has 1 aromatic carbocycles. The summed E-state index contributed by atoms with van der Waals surface area (Å²) < 4.78 is 6.07. The van der Waals surface area contributed by atoms with Crippen LogP contribution in [-0.4, -0.2) is 11.5 Å². The van der Waals surface area contributed by atoms with Crippen molar-refractivity contribution in [2.24, 2.45) is 0 Å². The van der Waals surface area contributed by atoms with Gasteiger partial charge in [0.05, 0.1) is 12.1 Å². The van der Waals surface area contributed by atoms with Gasteiger partial charge in [0, 0.05) is 18.3 Å². The van der Waals surface area contributed by atoms with Gasteiger partial charge in [-0.25, -0.2) is 4.98 Å².